The van der Waals surface area contributed by atoms with Gasteiger partial charge in [0.15, 0.2) is 0 Å². The van der Waals surface area contributed by atoms with Crippen LogP contribution in [0.5, 0.6) is 0 Å². The number of piperidine rings is 1. The molecule has 13 heavy (non-hydrogen) atoms. The highest BCUT2D eigenvalue weighted by atomic mass is 15.2. The fourth-order valence-electron chi connectivity index (χ4n) is 2.86. The Morgan fingerprint density at radius 2 is 1.77 bits per heavy atom. The average molecular weight is 183 g/mol. The van der Waals surface area contributed by atoms with E-state index in [0.29, 0.717) is 0 Å². The Kier molecular flexibility index (Phi) is 4.24. The summed E-state index contributed by atoms with van der Waals surface area (Å²) in [7, 11) is 2.30. The minimum absolute atomic E-state index is 0.846. The second-order valence-corrected chi connectivity index (χ2v) is 4.44. The SMILES string of the molecule is CC.CC1CC2CCCC(C2)N1C. The van der Waals surface area contributed by atoms with Crippen LogP contribution in [0.3, 0.4) is 0 Å². The second-order valence-electron chi connectivity index (χ2n) is 4.44. The van der Waals surface area contributed by atoms with E-state index in [1.165, 1.54) is 32.1 Å². The number of rotatable bonds is 0. The molecule has 1 aliphatic heterocycles. The van der Waals surface area contributed by atoms with Crippen LogP contribution >= 0.6 is 0 Å². The van der Waals surface area contributed by atoms with Crippen molar-refractivity contribution in [1.82, 2.24) is 4.90 Å². The fraction of sp³-hybridized carbons (Fsp3) is 1.00. The van der Waals surface area contributed by atoms with Crippen LogP contribution in [0, 0.1) is 5.92 Å². The first-order valence-electron chi connectivity index (χ1n) is 5.99. The predicted octanol–water partition coefficient (Wildman–Crippen LogP) is 3.30. The highest BCUT2D eigenvalue weighted by Crippen LogP contribution is 2.36. The third kappa shape index (κ3) is 2.46. The number of hydrogen-bond donors (Lipinski definition) is 0. The first-order chi connectivity index (χ1) is 6.27. The van der Waals surface area contributed by atoms with Crippen LogP contribution in [0.1, 0.15) is 52.9 Å². The number of hydrogen-bond acceptors (Lipinski definition) is 1. The van der Waals surface area contributed by atoms with E-state index in [9.17, 15) is 0 Å². The predicted molar refractivity (Wildman–Crippen MR) is 58.9 cm³/mol. The maximum Gasteiger partial charge on any atom is 0.00976 e. The quantitative estimate of drug-likeness (QED) is 0.557. The Hall–Kier alpha value is -0.0400. The summed E-state index contributed by atoms with van der Waals surface area (Å²) in [4.78, 5) is 2.59. The summed E-state index contributed by atoms with van der Waals surface area (Å²) in [6.45, 7) is 6.38. The van der Waals surface area contributed by atoms with Crippen molar-refractivity contribution in [1.29, 1.82) is 0 Å². The summed E-state index contributed by atoms with van der Waals surface area (Å²) in [5.41, 5.74) is 0. The van der Waals surface area contributed by atoms with Crippen molar-refractivity contribution in [2.45, 2.75) is 65.0 Å². The lowest BCUT2D eigenvalue weighted by molar-refractivity contribution is 0.0524. The second kappa shape index (κ2) is 4.99. The lowest BCUT2D eigenvalue weighted by atomic mass is 9.77. The van der Waals surface area contributed by atoms with E-state index in [2.05, 4.69) is 18.9 Å². The molecule has 1 saturated heterocycles. The minimum Gasteiger partial charge on any atom is -0.301 e. The topological polar surface area (TPSA) is 3.24 Å². The Morgan fingerprint density at radius 3 is 2.46 bits per heavy atom. The van der Waals surface area contributed by atoms with Gasteiger partial charge in [-0.1, -0.05) is 26.7 Å². The molecule has 2 bridgehead atoms. The van der Waals surface area contributed by atoms with E-state index in [1.807, 2.05) is 13.8 Å². The molecule has 1 nitrogen and oxygen atoms in total. The van der Waals surface area contributed by atoms with Gasteiger partial charge in [0.1, 0.15) is 0 Å². The van der Waals surface area contributed by atoms with E-state index in [0.717, 1.165) is 18.0 Å². The third-order valence-corrected chi connectivity index (χ3v) is 3.70. The minimum atomic E-state index is 0.846. The van der Waals surface area contributed by atoms with Gasteiger partial charge in [-0.2, -0.15) is 0 Å². The molecule has 0 aromatic rings. The summed E-state index contributed by atoms with van der Waals surface area (Å²) in [6.07, 6.45) is 7.38. The fourth-order valence-corrected chi connectivity index (χ4v) is 2.86. The van der Waals surface area contributed by atoms with Gasteiger partial charge in [0.2, 0.25) is 0 Å². The molecule has 3 atom stereocenters. The molecule has 0 aromatic carbocycles. The average Bonchev–Trinajstić information content (AvgIpc) is 2.18. The lowest BCUT2D eigenvalue weighted by Gasteiger charge is -2.45. The van der Waals surface area contributed by atoms with Crippen LogP contribution in [0.25, 0.3) is 0 Å². The summed E-state index contributed by atoms with van der Waals surface area (Å²) in [5, 5.41) is 0. The first-order valence-corrected chi connectivity index (χ1v) is 5.99. The van der Waals surface area contributed by atoms with E-state index < -0.39 is 0 Å². The summed E-state index contributed by atoms with van der Waals surface area (Å²) in [5.74, 6) is 1.07. The van der Waals surface area contributed by atoms with Crippen molar-refractivity contribution in [2.24, 2.45) is 5.92 Å². The lowest BCUT2D eigenvalue weighted by Crippen LogP contribution is -2.47. The summed E-state index contributed by atoms with van der Waals surface area (Å²) >= 11 is 0. The molecule has 3 unspecified atom stereocenters. The molecule has 1 heteroatoms. The molecule has 2 rings (SSSR count). The number of fused-ring (bicyclic) bond motifs is 2. The smallest absolute Gasteiger partial charge is 0.00976 e. The zero-order chi connectivity index (χ0) is 9.84. The maximum absolute atomic E-state index is 2.59. The molecule has 78 valence electrons. The molecule has 1 aliphatic carbocycles. The summed E-state index contributed by atoms with van der Waals surface area (Å²) in [6, 6.07) is 1.77. The van der Waals surface area contributed by atoms with Crippen LogP contribution in [0.4, 0.5) is 0 Å². The van der Waals surface area contributed by atoms with Crippen LogP contribution in [-0.2, 0) is 0 Å². The van der Waals surface area contributed by atoms with E-state index >= 15 is 0 Å². The molecular formula is C12H25N. The van der Waals surface area contributed by atoms with Gasteiger partial charge in [0.05, 0.1) is 0 Å². The zero-order valence-electron chi connectivity index (χ0n) is 9.71. The summed E-state index contributed by atoms with van der Waals surface area (Å²) < 4.78 is 0. The van der Waals surface area contributed by atoms with Gasteiger partial charge >= 0.3 is 0 Å². The normalized spacial score (nSPS) is 39.2. The van der Waals surface area contributed by atoms with Gasteiger partial charge in [-0.15, -0.1) is 0 Å². The molecule has 1 saturated carbocycles. The Labute approximate surface area is 83.5 Å². The number of nitrogens with zero attached hydrogens (tertiary/aromatic N) is 1. The van der Waals surface area contributed by atoms with Crippen LogP contribution < -0.4 is 0 Å². The van der Waals surface area contributed by atoms with Gasteiger partial charge in [-0.05, 0) is 39.2 Å². The van der Waals surface area contributed by atoms with Crippen LogP contribution in [0.2, 0.25) is 0 Å². The molecule has 0 N–H and O–H groups in total. The van der Waals surface area contributed by atoms with Crippen LogP contribution in [0.15, 0.2) is 0 Å². The van der Waals surface area contributed by atoms with Gasteiger partial charge in [0, 0.05) is 12.1 Å². The van der Waals surface area contributed by atoms with E-state index in [-0.39, 0.29) is 0 Å². The maximum atomic E-state index is 2.59. The number of likely N-dealkylation sites (tertiary alicyclic amines) is 1. The molecule has 0 spiro atoms. The molecule has 0 radical (unpaired) electrons. The van der Waals surface area contributed by atoms with Gasteiger partial charge in [-0.3, -0.25) is 0 Å². The molecule has 2 fully saturated rings. The molecule has 0 amide bonds. The zero-order valence-corrected chi connectivity index (χ0v) is 9.71. The highest BCUT2D eigenvalue weighted by molar-refractivity contribution is 4.88. The molecule has 1 heterocycles. The third-order valence-electron chi connectivity index (χ3n) is 3.70. The van der Waals surface area contributed by atoms with E-state index in [4.69, 9.17) is 0 Å². The Morgan fingerprint density at radius 1 is 1.08 bits per heavy atom. The molecule has 0 aromatic heterocycles. The Balaban J connectivity index is 0.000000396. The van der Waals surface area contributed by atoms with Gasteiger partial charge in [0.25, 0.3) is 0 Å². The van der Waals surface area contributed by atoms with Crippen molar-refractivity contribution >= 4 is 0 Å². The largest absolute Gasteiger partial charge is 0.301 e. The standard InChI is InChI=1S/C10H19N.C2H6/c1-8-6-9-4-3-5-10(7-9)11(8)2;1-2/h8-10H,3-7H2,1-2H3;1-2H3. The van der Waals surface area contributed by atoms with Crippen molar-refractivity contribution in [3.63, 3.8) is 0 Å². The molecular weight excluding hydrogens is 158 g/mol. The molecule has 2 aliphatic rings. The van der Waals surface area contributed by atoms with E-state index in [1.54, 1.807) is 0 Å². The van der Waals surface area contributed by atoms with Crippen molar-refractivity contribution < 1.29 is 0 Å². The Bertz CT molecular complexity index is 142. The van der Waals surface area contributed by atoms with Crippen molar-refractivity contribution in [3.8, 4) is 0 Å². The highest BCUT2D eigenvalue weighted by Gasteiger charge is 2.33. The van der Waals surface area contributed by atoms with Crippen molar-refractivity contribution in [2.75, 3.05) is 7.05 Å². The van der Waals surface area contributed by atoms with Crippen molar-refractivity contribution in [3.05, 3.63) is 0 Å². The van der Waals surface area contributed by atoms with Gasteiger partial charge in [-0.25, -0.2) is 0 Å². The monoisotopic (exact) mass is 183 g/mol. The van der Waals surface area contributed by atoms with Crippen LogP contribution in [-0.4, -0.2) is 24.0 Å². The van der Waals surface area contributed by atoms with Gasteiger partial charge < -0.3 is 4.90 Å². The first kappa shape index (κ1) is 11.0.